The van der Waals surface area contributed by atoms with E-state index in [0.29, 0.717) is 6.54 Å². The van der Waals surface area contributed by atoms with Crippen molar-refractivity contribution in [2.75, 3.05) is 26.2 Å². The van der Waals surface area contributed by atoms with Crippen molar-refractivity contribution in [3.8, 4) is 0 Å². The minimum atomic E-state index is -1.19. The molecule has 9 heteroatoms. The van der Waals surface area contributed by atoms with Gasteiger partial charge in [0.1, 0.15) is 6.54 Å². The van der Waals surface area contributed by atoms with Crippen LogP contribution in [0.5, 0.6) is 0 Å². The van der Waals surface area contributed by atoms with Crippen LogP contribution in [-0.2, 0) is 14.4 Å². The Kier molecular flexibility index (Phi) is 8.50. The number of carbonyl (C=O) groups excluding carboxylic acids is 3. The van der Waals surface area contributed by atoms with Crippen molar-refractivity contribution in [1.82, 2.24) is 21.3 Å². The third-order valence-electron chi connectivity index (χ3n) is 1.83. The highest BCUT2D eigenvalue weighted by Gasteiger charge is 2.07. The molecule has 0 fully saturated rings. The summed E-state index contributed by atoms with van der Waals surface area (Å²) in [7, 11) is 0. The van der Waals surface area contributed by atoms with E-state index in [1.807, 2.05) is 12.2 Å². The largest absolute Gasteiger partial charge is 0.480 e. The zero-order chi connectivity index (χ0) is 14.7. The van der Waals surface area contributed by atoms with Gasteiger partial charge in [-0.25, -0.2) is 4.79 Å². The predicted octanol–water partition coefficient (Wildman–Crippen LogP) is -1.99. The third kappa shape index (κ3) is 10.5. The first-order valence-electron chi connectivity index (χ1n) is 5.72. The number of rotatable bonds is 8. The summed E-state index contributed by atoms with van der Waals surface area (Å²) in [5.41, 5.74) is 0. The average Bonchev–Trinajstić information content (AvgIpc) is 2.37. The number of carboxylic acids is 1. The molecule has 0 atom stereocenters. The molecule has 0 saturated carbocycles. The van der Waals surface area contributed by atoms with Gasteiger partial charge in [-0.15, -0.1) is 0 Å². The van der Waals surface area contributed by atoms with Crippen LogP contribution in [0.4, 0.5) is 4.79 Å². The van der Waals surface area contributed by atoms with E-state index in [1.54, 1.807) is 0 Å². The first-order valence-corrected chi connectivity index (χ1v) is 5.72. The first kappa shape index (κ1) is 16.7. The number of nitrogens with one attached hydrogen (secondary N) is 4. The third-order valence-corrected chi connectivity index (χ3v) is 1.83. The molecule has 0 saturated heterocycles. The summed E-state index contributed by atoms with van der Waals surface area (Å²) in [6, 6.07) is -0.770. The highest BCUT2D eigenvalue weighted by atomic mass is 16.4. The second-order valence-corrected chi connectivity index (χ2v) is 3.56. The van der Waals surface area contributed by atoms with E-state index >= 15 is 0 Å². The van der Waals surface area contributed by atoms with Crippen LogP contribution in [-0.4, -0.2) is 55.1 Å². The lowest BCUT2D eigenvalue weighted by molar-refractivity contribution is -0.135. The molecule has 0 aliphatic heterocycles. The molecule has 0 spiro atoms. The van der Waals surface area contributed by atoms with E-state index in [0.717, 1.165) is 6.42 Å². The van der Waals surface area contributed by atoms with Crippen LogP contribution in [0, 0.1) is 0 Å². The fourth-order valence-electron chi connectivity index (χ4n) is 0.947. The summed E-state index contributed by atoms with van der Waals surface area (Å²) in [6.45, 7) is 1.39. The number of carbonyl (C=O) groups is 4. The molecule has 0 aromatic heterocycles. The second-order valence-electron chi connectivity index (χ2n) is 3.56. The Morgan fingerprint density at radius 1 is 0.842 bits per heavy atom. The maximum absolute atomic E-state index is 11.2. The molecule has 5 N–H and O–H groups in total. The van der Waals surface area contributed by atoms with Gasteiger partial charge < -0.3 is 26.4 Å². The lowest BCUT2D eigenvalue weighted by atomic mass is 10.4. The molecule has 0 aromatic rings. The highest BCUT2D eigenvalue weighted by molar-refractivity contribution is 5.88. The number of aliphatic carboxylic acids is 1. The monoisotopic (exact) mass is 274 g/mol. The fraction of sp³-hybridized carbons (Fsp3) is 0.600. The van der Waals surface area contributed by atoms with Gasteiger partial charge in [0.2, 0.25) is 11.8 Å². The standard InChI is InChI=1S/C10H18N4O5/c1-2-3-11-7(15)4-12-8(16)5-13-10(19)14-6-9(17)18/h2-6H2,1H3,(H,11,15)(H,12,16)(H,17,18)(H2,13,14,19). The molecule has 9 nitrogen and oxygen atoms in total. The molecule has 0 rings (SSSR count). The van der Waals surface area contributed by atoms with Gasteiger partial charge in [-0.2, -0.15) is 0 Å². The van der Waals surface area contributed by atoms with Crippen molar-refractivity contribution < 1.29 is 24.3 Å². The zero-order valence-electron chi connectivity index (χ0n) is 10.6. The Morgan fingerprint density at radius 2 is 1.37 bits per heavy atom. The molecule has 0 aliphatic rings. The smallest absolute Gasteiger partial charge is 0.323 e. The van der Waals surface area contributed by atoms with Crippen LogP contribution >= 0.6 is 0 Å². The second kappa shape index (κ2) is 9.68. The molecule has 0 unspecified atom stereocenters. The molecule has 108 valence electrons. The Labute approximate surface area is 110 Å². The lowest BCUT2D eigenvalue weighted by Crippen LogP contribution is -2.45. The number of urea groups is 1. The molecular formula is C10H18N4O5. The quantitative estimate of drug-likeness (QED) is 0.349. The first-order chi connectivity index (χ1) is 8.95. The predicted molar refractivity (Wildman–Crippen MR) is 65.3 cm³/mol. The normalized spacial score (nSPS) is 9.32. The maximum Gasteiger partial charge on any atom is 0.323 e. The van der Waals surface area contributed by atoms with Crippen molar-refractivity contribution in [3.63, 3.8) is 0 Å². The summed E-state index contributed by atoms with van der Waals surface area (Å²) < 4.78 is 0. The van der Waals surface area contributed by atoms with Gasteiger partial charge in [-0.05, 0) is 6.42 Å². The van der Waals surface area contributed by atoms with Crippen LogP contribution in [0.15, 0.2) is 0 Å². The van der Waals surface area contributed by atoms with Gasteiger partial charge in [-0.1, -0.05) is 6.92 Å². The summed E-state index contributed by atoms with van der Waals surface area (Å²) in [5.74, 6) is -2.05. The molecule has 0 aromatic carbocycles. The Hall–Kier alpha value is -2.32. The fourth-order valence-corrected chi connectivity index (χ4v) is 0.947. The topological polar surface area (TPSA) is 137 Å². The molecule has 0 radical (unpaired) electrons. The van der Waals surface area contributed by atoms with Crippen molar-refractivity contribution >= 4 is 23.8 Å². The Balaban J connectivity index is 3.66. The lowest BCUT2D eigenvalue weighted by Gasteiger charge is -2.07. The van der Waals surface area contributed by atoms with Crippen molar-refractivity contribution in [1.29, 1.82) is 0 Å². The van der Waals surface area contributed by atoms with E-state index < -0.39 is 24.5 Å². The molecule has 19 heavy (non-hydrogen) atoms. The minimum Gasteiger partial charge on any atom is -0.480 e. The van der Waals surface area contributed by atoms with Gasteiger partial charge in [0.15, 0.2) is 0 Å². The van der Waals surface area contributed by atoms with Gasteiger partial charge in [0.25, 0.3) is 0 Å². The number of hydrogen-bond donors (Lipinski definition) is 5. The number of hydrogen-bond acceptors (Lipinski definition) is 4. The van der Waals surface area contributed by atoms with Crippen LogP contribution in [0.3, 0.4) is 0 Å². The van der Waals surface area contributed by atoms with Crippen molar-refractivity contribution in [2.24, 2.45) is 0 Å². The molecule has 0 aliphatic carbocycles. The van der Waals surface area contributed by atoms with Gasteiger partial charge in [-0.3, -0.25) is 14.4 Å². The summed E-state index contributed by atoms with van der Waals surface area (Å²) >= 11 is 0. The molecule has 0 heterocycles. The number of carboxylic acid groups (broad SMARTS) is 1. The van der Waals surface area contributed by atoms with E-state index in [-0.39, 0.29) is 19.0 Å². The van der Waals surface area contributed by atoms with E-state index in [9.17, 15) is 19.2 Å². The average molecular weight is 274 g/mol. The molecule has 0 bridgehead atoms. The van der Waals surface area contributed by atoms with Crippen LogP contribution in [0.25, 0.3) is 0 Å². The molecule has 4 amide bonds. The summed E-state index contributed by atoms with van der Waals surface area (Å²) in [6.07, 6.45) is 0.797. The van der Waals surface area contributed by atoms with Crippen LogP contribution in [0.2, 0.25) is 0 Å². The van der Waals surface area contributed by atoms with Crippen LogP contribution in [0.1, 0.15) is 13.3 Å². The maximum atomic E-state index is 11.2. The summed E-state index contributed by atoms with van der Waals surface area (Å²) in [5, 5.41) is 17.3. The molecular weight excluding hydrogens is 256 g/mol. The van der Waals surface area contributed by atoms with Gasteiger partial charge in [0, 0.05) is 6.54 Å². The minimum absolute atomic E-state index is 0.169. The zero-order valence-corrected chi connectivity index (χ0v) is 10.6. The van der Waals surface area contributed by atoms with Crippen LogP contribution < -0.4 is 21.3 Å². The highest BCUT2D eigenvalue weighted by Crippen LogP contribution is 1.72. The van der Waals surface area contributed by atoms with Crippen molar-refractivity contribution in [3.05, 3.63) is 0 Å². The van der Waals surface area contributed by atoms with Gasteiger partial charge in [0.05, 0.1) is 13.1 Å². The van der Waals surface area contributed by atoms with E-state index in [2.05, 4.69) is 16.0 Å². The van der Waals surface area contributed by atoms with E-state index in [4.69, 9.17) is 5.11 Å². The SMILES string of the molecule is CCCNC(=O)CNC(=O)CNC(=O)NCC(=O)O. The van der Waals surface area contributed by atoms with Gasteiger partial charge >= 0.3 is 12.0 Å². The van der Waals surface area contributed by atoms with Crippen molar-refractivity contribution in [2.45, 2.75) is 13.3 Å². The Bertz CT molecular complexity index is 345. The summed E-state index contributed by atoms with van der Waals surface area (Å²) in [4.78, 5) is 43.5. The Morgan fingerprint density at radius 3 is 1.95 bits per heavy atom. The van der Waals surface area contributed by atoms with E-state index in [1.165, 1.54) is 0 Å². The number of amides is 4.